The Morgan fingerprint density at radius 3 is 2.56 bits per heavy atom. The number of alkyl halides is 3. The molecule has 0 heterocycles. The molecule has 6 heteroatoms. The highest BCUT2D eigenvalue weighted by Gasteiger charge is 2.31. The Kier molecular flexibility index (Phi) is 5.15. The predicted molar refractivity (Wildman–Crippen MR) is 63.1 cm³/mol. The van der Waals surface area contributed by atoms with Crippen LogP contribution in [-0.4, -0.2) is 18.6 Å². The summed E-state index contributed by atoms with van der Waals surface area (Å²) in [5.41, 5.74) is 1.17. The molecule has 1 rings (SSSR count). The maximum Gasteiger partial charge on any atom is 0.397 e. The lowest BCUT2D eigenvalue weighted by atomic mass is 10.1. The van der Waals surface area contributed by atoms with Gasteiger partial charge in [-0.25, -0.2) is 0 Å². The van der Waals surface area contributed by atoms with Crippen molar-refractivity contribution in [2.45, 2.75) is 26.1 Å². The number of para-hydroxylation sites is 1. The van der Waals surface area contributed by atoms with Gasteiger partial charge in [-0.05, 0) is 18.2 Å². The van der Waals surface area contributed by atoms with Gasteiger partial charge in [-0.15, -0.1) is 0 Å². The van der Waals surface area contributed by atoms with Crippen molar-refractivity contribution in [3.63, 3.8) is 0 Å². The highest BCUT2D eigenvalue weighted by molar-refractivity contribution is 5.91. The van der Waals surface area contributed by atoms with Crippen LogP contribution in [0, 0.1) is 0 Å². The number of carbonyl (C=O) groups is 1. The zero-order chi connectivity index (χ0) is 13.6. The highest BCUT2D eigenvalue weighted by atomic mass is 19.4. The van der Waals surface area contributed by atoms with E-state index < -0.39 is 18.5 Å². The normalized spacial score (nSPS) is 11.3. The monoisotopic (exact) mass is 260 g/mol. The lowest BCUT2D eigenvalue weighted by Gasteiger charge is -2.12. The van der Waals surface area contributed by atoms with Crippen molar-refractivity contribution in [2.75, 3.05) is 11.9 Å². The molecule has 0 atom stereocenters. The Labute approximate surface area is 103 Å². The van der Waals surface area contributed by atoms with Gasteiger partial charge in [-0.2, -0.15) is 13.2 Å². The van der Waals surface area contributed by atoms with Crippen LogP contribution in [0.15, 0.2) is 24.3 Å². The van der Waals surface area contributed by atoms with Gasteiger partial charge in [0, 0.05) is 12.2 Å². The van der Waals surface area contributed by atoms with Gasteiger partial charge in [0.15, 0.2) is 0 Å². The van der Waals surface area contributed by atoms with Gasteiger partial charge in [0.25, 0.3) is 0 Å². The molecule has 18 heavy (non-hydrogen) atoms. The first-order chi connectivity index (χ1) is 8.42. The minimum Gasteiger partial charge on any atom is -0.325 e. The summed E-state index contributed by atoms with van der Waals surface area (Å²) in [5.74, 6) is -1.05. The summed E-state index contributed by atoms with van der Waals surface area (Å²) in [6.07, 6.45) is -5.96. The molecule has 100 valence electrons. The molecule has 0 saturated heterocycles. The first-order valence-corrected chi connectivity index (χ1v) is 5.57. The van der Waals surface area contributed by atoms with Crippen molar-refractivity contribution < 1.29 is 18.0 Å². The number of hydrogen-bond acceptors (Lipinski definition) is 2. The van der Waals surface area contributed by atoms with Crippen LogP contribution < -0.4 is 10.6 Å². The number of nitrogens with one attached hydrogen (secondary N) is 2. The van der Waals surface area contributed by atoms with Gasteiger partial charge in [-0.3, -0.25) is 4.79 Å². The molecule has 0 aliphatic carbocycles. The van der Waals surface area contributed by atoms with Crippen LogP contribution in [-0.2, 0) is 11.3 Å². The molecule has 0 aliphatic rings. The van der Waals surface area contributed by atoms with Crippen LogP contribution in [0.25, 0.3) is 0 Å². The molecule has 0 saturated carbocycles. The van der Waals surface area contributed by atoms with Crippen molar-refractivity contribution in [2.24, 2.45) is 0 Å². The van der Waals surface area contributed by atoms with E-state index in [1.807, 2.05) is 6.92 Å². The quantitative estimate of drug-likeness (QED) is 0.854. The van der Waals surface area contributed by atoms with Gasteiger partial charge in [0.2, 0.25) is 5.91 Å². The van der Waals surface area contributed by atoms with Crippen LogP contribution in [0.2, 0.25) is 0 Å². The first-order valence-electron chi connectivity index (χ1n) is 5.57. The molecule has 2 N–H and O–H groups in total. The lowest BCUT2D eigenvalue weighted by Crippen LogP contribution is -2.22. The Hall–Kier alpha value is -1.56. The molecule has 0 aromatic heterocycles. The average Bonchev–Trinajstić information content (AvgIpc) is 2.25. The van der Waals surface area contributed by atoms with Gasteiger partial charge >= 0.3 is 6.18 Å². The smallest absolute Gasteiger partial charge is 0.325 e. The van der Waals surface area contributed by atoms with E-state index in [9.17, 15) is 18.0 Å². The van der Waals surface area contributed by atoms with Crippen molar-refractivity contribution in [3.8, 4) is 0 Å². The fraction of sp³-hybridized carbons (Fsp3) is 0.417. The standard InChI is InChI=1S/C12H15F3N2O/c1-2-16-8-9-5-3-4-6-10(9)17-11(18)7-12(13,14)15/h3-6,16H,2,7-8H2,1H3,(H,17,18). The van der Waals surface area contributed by atoms with E-state index in [1.54, 1.807) is 24.3 Å². The number of hydrogen-bond donors (Lipinski definition) is 2. The van der Waals surface area contributed by atoms with Crippen LogP contribution in [0.4, 0.5) is 18.9 Å². The summed E-state index contributed by atoms with van der Waals surface area (Å²) in [5, 5.41) is 5.33. The summed E-state index contributed by atoms with van der Waals surface area (Å²) >= 11 is 0. The van der Waals surface area contributed by atoms with Gasteiger partial charge in [0.05, 0.1) is 0 Å². The maximum atomic E-state index is 12.0. The summed E-state index contributed by atoms with van der Waals surface area (Å²) in [6, 6.07) is 6.78. The number of benzene rings is 1. The second-order valence-electron chi connectivity index (χ2n) is 3.78. The molecule has 0 spiro atoms. The second kappa shape index (κ2) is 6.39. The van der Waals surface area contributed by atoms with Gasteiger partial charge in [-0.1, -0.05) is 25.1 Å². The molecule has 0 radical (unpaired) electrons. The summed E-state index contributed by atoms with van der Waals surface area (Å²) in [7, 11) is 0. The van der Waals surface area contributed by atoms with Gasteiger partial charge < -0.3 is 10.6 Å². The average molecular weight is 260 g/mol. The zero-order valence-electron chi connectivity index (χ0n) is 9.97. The molecule has 3 nitrogen and oxygen atoms in total. The molecular formula is C12H15F3N2O. The van der Waals surface area contributed by atoms with Crippen LogP contribution >= 0.6 is 0 Å². The highest BCUT2D eigenvalue weighted by Crippen LogP contribution is 2.21. The van der Waals surface area contributed by atoms with Crippen LogP contribution in [0.1, 0.15) is 18.9 Å². The van der Waals surface area contributed by atoms with E-state index in [4.69, 9.17) is 0 Å². The van der Waals surface area contributed by atoms with Crippen molar-refractivity contribution in [1.82, 2.24) is 5.32 Å². The minimum absolute atomic E-state index is 0.410. The first kappa shape index (κ1) is 14.5. The predicted octanol–water partition coefficient (Wildman–Crippen LogP) is 2.69. The number of anilines is 1. The molecule has 0 unspecified atom stereocenters. The number of rotatable bonds is 5. The fourth-order valence-electron chi connectivity index (χ4n) is 1.43. The summed E-state index contributed by atoms with van der Waals surface area (Å²) < 4.78 is 36.1. The van der Waals surface area contributed by atoms with E-state index in [0.717, 1.165) is 12.1 Å². The lowest BCUT2D eigenvalue weighted by molar-refractivity contribution is -0.150. The molecule has 1 aromatic carbocycles. The van der Waals surface area contributed by atoms with Gasteiger partial charge in [0.1, 0.15) is 6.42 Å². The van der Waals surface area contributed by atoms with Crippen LogP contribution in [0.5, 0.6) is 0 Å². The Balaban J connectivity index is 2.68. The van der Waals surface area contributed by atoms with Crippen molar-refractivity contribution in [3.05, 3.63) is 29.8 Å². The molecule has 1 amide bonds. The number of halogens is 3. The van der Waals surface area contributed by atoms with E-state index >= 15 is 0 Å². The minimum atomic E-state index is -4.49. The van der Waals surface area contributed by atoms with E-state index in [2.05, 4.69) is 10.6 Å². The third-order valence-corrected chi connectivity index (χ3v) is 2.22. The molecule has 0 bridgehead atoms. The maximum absolute atomic E-state index is 12.0. The molecular weight excluding hydrogens is 245 g/mol. The number of amides is 1. The summed E-state index contributed by atoms with van der Waals surface area (Å²) in [6.45, 7) is 3.16. The topological polar surface area (TPSA) is 41.1 Å². The third kappa shape index (κ3) is 5.18. The van der Waals surface area contributed by atoms with E-state index in [-0.39, 0.29) is 0 Å². The third-order valence-electron chi connectivity index (χ3n) is 2.22. The zero-order valence-corrected chi connectivity index (χ0v) is 9.97. The Morgan fingerprint density at radius 2 is 1.94 bits per heavy atom. The van der Waals surface area contributed by atoms with Crippen molar-refractivity contribution in [1.29, 1.82) is 0 Å². The Bertz CT molecular complexity index is 405. The fourth-order valence-corrected chi connectivity index (χ4v) is 1.43. The molecule has 0 fully saturated rings. The SMILES string of the molecule is CCNCc1ccccc1NC(=O)CC(F)(F)F. The van der Waals surface area contributed by atoms with E-state index in [1.165, 1.54) is 0 Å². The largest absolute Gasteiger partial charge is 0.397 e. The molecule has 1 aromatic rings. The van der Waals surface area contributed by atoms with Crippen LogP contribution in [0.3, 0.4) is 0 Å². The molecule has 0 aliphatic heterocycles. The number of carbonyl (C=O) groups excluding carboxylic acids is 1. The van der Waals surface area contributed by atoms with E-state index in [0.29, 0.717) is 12.2 Å². The summed E-state index contributed by atoms with van der Waals surface area (Å²) in [4.78, 5) is 11.2. The Morgan fingerprint density at radius 1 is 1.28 bits per heavy atom. The van der Waals surface area contributed by atoms with Crippen molar-refractivity contribution >= 4 is 11.6 Å². The second-order valence-corrected chi connectivity index (χ2v) is 3.78.